The molecule has 0 aromatic heterocycles. The first kappa shape index (κ1) is 14.8. The highest BCUT2D eigenvalue weighted by molar-refractivity contribution is 5.13. The van der Waals surface area contributed by atoms with E-state index in [0.29, 0.717) is 6.61 Å². The van der Waals surface area contributed by atoms with Crippen molar-refractivity contribution in [2.24, 2.45) is 0 Å². The minimum absolute atomic E-state index is 0.693. The summed E-state index contributed by atoms with van der Waals surface area (Å²) in [6.45, 7) is 3.66. The van der Waals surface area contributed by atoms with Crippen molar-refractivity contribution < 1.29 is 4.74 Å². The van der Waals surface area contributed by atoms with Crippen molar-refractivity contribution in [3.05, 3.63) is 35.9 Å². The van der Waals surface area contributed by atoms with Crippen molar-refractivity contribution in [1.29, 1.82) is 0 Å². The zero-order valence-corrected chi connectivity index (χ0v) is 11.5. The average molecular weight is 244 g/mol. The lowest BCUT2D eigenvalue weighted by molar-refractivity contribution is 0.126. The monoisotopic (exact) mass is 244 g/mol. The molecule has 1 nitrogen and oxygen atoms in total. The van der Waals surface area contributed by atoms with Crippen molar-refractivity contribution >= 4 is 0 Å². The van der Waals surface area contributed by atoms with Gasteiger partial charge in [-0.3, -0.25) is 0 Å². The highest BCUT2D eigenvalue weighted by Gasteiger charge is 1.90. The minimum Gasteiger partial charge on any atom is -0.376 e. The van der Waals surface area contributed by atoms with Crippen molar-refractivity contribution in [3.8, 4) is 11.8 Å². The normalized spacial score (nSPS) is 9.83. The van der Waals surface area contributed by atoms with Gasteiger partial charge in [-0.2, -0.15) is 0 Å². The van der Waals surface area contributed by atoms with Crippen LogP contribution in [0.1, 0.15) is 51.0 Å². The van der Waals surface area contributed by atoms with E-state index in [1.165, 1.54) is 31.2 Å². The van der Waals surface area contributed by atoms with Crippen molar-refractivity contribution in [3.63, 3.8) is 0 Å². The summed E-state index contributed by atoms with van der Waals surface area (Å²) in [7, 11) is 0. The third-order valence-electron chi connectivity index (χ3n) is 2.76. The molecule has 0 radical (unpaired) electrons. The second-order valence-corrected chi connectivity index (χ2v) is 4.45. The Kier molecular flexibility index (Phi) is 8.93. The second kappa shape index (κ2) is 10.9. The highest BCUT2D eigenvalue weighted by Crippen LogP contribution is 2.02. The van der Waals surface area contributed by atoms with Gasteiger partial charge in [0.25, 0.3) is 0 Å². The van der Waals surface area contributed by atoms with E-state index in [1.807, 2.05) is 18.2 Å². The Morgan fingerprint density at radius 3 is 2.50 bits per heavy atom. The fourth-order valence-electron chi connectivity index (χ4n) is 1.70. The molecule has 0 spiro atoms. The van der Waals surface area contributed by atoms with Gasteiger partial charge in [0.05, 0.1) is 13.2 Å². The summed E-state index contributed by atoms with van der Waals surface area (Å²) in [6.07, 6.45) is 7.07. The number of hydrogen-bond donors (Lipinski definition) is 0. The van der Waals surface area contributed by atoms with Crippen LogP contribution >= 0.6 is 0 Å². The molecule has 0 aliphatic rings. The van der Waals surface area contributed by atoms with Crippen LogP contribution in [0.3, 0.4) is 0 Å². The van der Waals surface area contributed by atoms with E-state index in [1.54, 1.807) is 0 Å². The van der Waals surface area contributed by atoms with E-state index in [-0.39, 0.29) is 0 Å². The first-order valence-electron chi connectivity index (χ1n) is 7.01. The largest absolute Gasteiger partial charge is 0.376 e. The summed E-state index contributed by atoms with van der Waals surface area (Å²) >= 11 is 0. The fourth-order valence-corrected chi connectivity index (χ4v) is 1.70. The smallest absolute Gasteiger partial charge is 0.0717 e. The number of hydrogen-bond acceptors (Lipinski definition) is 1. The van der Waals surface area contributed by atoms with Crippen LogP contribution in [0.25, 0.3) is 0 Å². The molecule has 18 heavy (non-hydrogen) atoms. The zero-order valence-electron chi connectivity index (χ0n) is 11.5. The third kappa shape index (κ3) is 7.92. The van der Waals surface area contributed by atoms with Crippen LogP contribution in [0.4, 0.5) is 0 Å². The molecule has 1 heteroatoms. The molecule has 0 saturated carbocycles. The Bertz CT molecular complexity index is 345. The fraction of sp³-hybridized carbons (Fsp3) is 0.529. The molecule has 98 valence electrons. The summed E-state index contributed by atoms with van der Waals surface area (Å²) in [5.41, 5.74) is 1.23. The quantitative estimate of drug-likeness (QED) is 0.481. The SMILES string of the molecule is CCCCCCC#CCCOCc1ccccc1. The molecular weight excluding hydrogens is 220 g/mol. The van der Waals surface area contributed by atoms with Crippen LogP contribution in [-0.2, 0) is 11.3 Å². The summed E-state index contributed by atoms with van der Waals surface area (Å²) < 4.78 is 5.56. The van der Waals surface area contributed by atoms with E-state index in [0.717, 1.165) is 19.4 Å². The molecule has 0 fully saturated rings. The van der Waals surface area contributed by atoms with E-state index < -0.39 is 0 Å². The summed E-state index contributed by atoms with van der Waals surface area (Å²) in [5.74, 6) is 6.39. The van der Waals surface area contributed by atoms with Gasteiger partial charge in [-0.15, -0.1) is 11.8 Å². The molecule has 0 atom stereocenters. The van der Waals surface area contributed by atoms with Crippen LogP contribution in [-0.4, -0.2) is 6.61 Å². The van der Waals surface area contributed by atoms with Gasteiger partial charge < -0.3 is 4.74 Å². The van der Waals surface area contributed by atoms with Gasteiger partial charge in [0.15, 0.2) is 0 Å². The second-order valence-electron chi connectivity index (χ2n) is 4.45. The standard InChI is InChI=1S/C17H24O/c1-2-3-4-5-6-7-8-12-15-18-16-17-13-10-9-11-14-17/h9-11,13-14H,2-6,12,15-16H2,1H3. The minimum atomic E-state index is 0.693. The first-order chi connectivity index (χ1) is 8.93. The van der Waals surface area contributed by atoms with Crippen LogP contribution in [0.5, 0.6) is 0 Å². The van der Waals surface area contributed by atoms with Crippen LogP contribution in [0, 0.1) is 11.8 Å². The highest BCUT2D eigenvalue weighted by atomic mass is 16.5. The number of ether oxygens (including phenoxy) is 1. The topological polar surface area (TPSA) is 9.23 Å². The molecule has 0 saturated heterocycles. The maximum absolute atomic E-state index is 5.56. The lowest BCUT2D eigenvalue weighted by Crippen LogP contribution is -1.93. The number of unbranched alkanes of at least 4 members (excludes halogenated alkanes) is 4. The third-order valence-corrected chi connectivity index (χ3v) is 2.76. The van der Waals surface area contributed by atoms with Crippen molar-refractivity contribution in [1.82, 2.24) is 0 Å². The van der Waals surface area contributed by atoms with Crippen LogP contribution in [0.2, 0.25) is 0 Å². The van der Waals surface area contributed by atoms with E-state index in [2.05, 4.69) is 30.9 Å². The zero-order chi connectivity index (χ0) is 12.9. The molecule has 0 N–H and O–H groups in total. The van der Waals surface area contributed by atoms with E-state index in [9.17, 15) is 0 Å². The van der Waals surface area contributed by atoms with Gasteiger partial charge >= 0.3 is 0 Å². The molecule has 0 bridgehead atoms. The predicted octanol–water partition coefficient (Wildman–Crippen LogP) is 4.57. The Morgan fingerprint density at radius 1 is 0.944 bits per heavy atom. The van der Waals surface area contributed by atoms with Gasteiger partial charge in [0, 0.05) is 12.8 Å². The molecule has 1 aromatic carbocycles. The van der Waals surface area contributed by atoms with Gasteiger partial charge in [-0.1, -0.05) is 56.5 Å². The summed E-state index contributed by atoms with van der Waals surface area (Å²) in [4.78, 5) is 0. The Morgan fingerprint density at radius 2 is 1.72 bits per heavy atom. The first-order valence-corrected chi connectivity index (χ1v) is 7.01. The Labute approximate surface area is 112 Å². The maximum atomic E-state index is 5.56. The lowest BCUT2D eigenvalue weighted by atomic mass is 10.1. The van der Waals surface area contributed by atoms with Gasteiger partial charge in [0.1, 0.15) is 0 Å². The van der Waals surface area contributed by atoms with E-state index >= 15 is 0 Å². The van der Waals surface area contributed by atoms with Gasteiger partial charge in [-0.05, 0) is 12.0 Å². The molecular formula is C17H24O. The number of benzene rings is 1. The summed E-state index contributed by atoms with van der Waals surface area (Å²) in [6, 6.07) is 10.3. The van der Waals surface area contributed by atoms with Crippen molar-refractivity contribution in [2.45, 2.75) is 52.1 Å². The molecule has 1 aromatic rings. The Hall–Kier alpha value is -1.26. The van der Waals surface area contributed by atoms with Crippen molar-refractivity contribution in [2.75, 3.05) is 6.61 Å². The summed E-state index contributed by atoms with van der Waals surface area (Å²) in [5, 5.41) is 0. The molecule has 0 unspecified atom stereocenters. The predicted molar refractivity (Wildman–Crippen MR) is 77.3 cm³/mol. The molecule has 0 aliphatic carbocycles. The van der Waals surface area contributed by atoms with Crippen LogP contribution < -0.4 is 0 Å². The van der Waals surface area contributed by atoms with Crippen LogP contribution in [0.15, 0.2) is 30.3 Å². The van der Waals surface area contributed by atoms with E-state index in [4.69, 9.17) is 4.74 Å². The lowest BCUT2D eigenvalue weighted by Gasteiger charge is -2.01. The Balaban J connectivity index is 1.94. The average Bonchev–Trinajstić information content (AvgIpc) is 2.42. The molecule has 0 heterocycles. The molecule has 0 aliphatic heterocycles. The van der Waals surface area contributed by atoms with Gasteiger partial charge in [0.2, 0.25) is 0 Å². The number of rotatable bonds is 8. The molecule has 0 amide bonds. The maximum Gasteiger partial charge on any atom is 0.0717 e. The van der Waals surface area contributed by atoms with Gasteiger partial charge in [-0.25, -0.2) is 0 Å². The molecule has 1 rings (SSSR count).